The molecule has 0 aliphatic heterocycles. The van der Waals surface area contributed by atoms with Gasteiger partial charge >= 0.3 is 0 Å². The number of hydrogen-bond donors (Lipinski definition) is 1. The molecule has 1 aliphatic rings. The Labute approximate surface area is 120 Å². The Kier molecular flexibility index (Phi) is 3.64. The molecule has 3 rings (SSSR count). The summed E-state index contributed by atoms with van der Waals surface area (Å²) in [6.45, 7) is 0. The fourth-order valence-corrected chi connectivity index (χ4v) is 3.15. The molecule has 0 fully saturated rings. The maximum atomic E-state index is 9.36. The highest BCUT2D eigenvalue weighted by Gasteiger charge is 2.20. The highest BCUT2D eigenvalue weighted by Crippen LogP contribution is 2.36. The number of aromatic hydroxyl groups is 1. The van der Waals surface area contributed by atoms with Gasteiger partial charge in [-0.2, -0.15) is 0 Å². The summed E-state index contributed by atoms with van der Waals surface area (Å²) in [6, 6.07) is 14.0. The van der Waals surface area contributed by atoms with Crippen LogP contribution in [0.2, 0.25) is 0 Å². The number of aryl methyl sites for hydroxylation is 1. The van der Waals surface area contributed by atoms with Crippen LogP contribution in [0.4, 0.5) is 0 Å². The lowest BCUT2D eigenvalue weighted by Gasteiger charge is -2.26. The van der Waals surface area contributed by atoms with Gasteiger partial charge in [-0.3, -0.25) is 0 Å². The standard InChI is InChI=1S/C18H20O2/c1-20-17-9-10-18-14(3-2-4-15(18)12-17)11-13-5-7-16(19)8-6-13/h5-10,12,14,19H,2-4,11H2,1H3/t14-/m0/s1. The molecule has 1 aliphatic carbocycles. The molecule has 104 valence electrons. The number of methoxy groups -OCH3 is 1. The molecule has 0 heterocycles. The van der Waals surface area contributed by atoms with Gasteiger partial charge < -0.3 is 9.84 Å². The van der Waals surface area contributed by atoms with E-state index < -0.39 is 0 Å². The number of rotatable bonds is 3. The van der Waals surface area contributed by atoms with Crippen molar-refractivity contribution < 1.29 is 9.84 Å². The number of ether oxygens (including phenoxy) is 1. The van der Waals surface area contributed by atoms with E-state index in [-0.39, 0.29) is 0 Å². The zero-order valence-corrected chi connectivity index (χ0v) is 11.8. The Morgan fingerprint density at radius 2 is 1.95 bits per heavy atom. The van der Waals surface area contributed by atoms with Crippen LogP contribution in [0, 0.1) is 0 Å². The largest absolute Gasteiger partial charge is 0.508 e. The maximum absolute atomic E-state index is 9.36. The lowest BCUT2D eigenvalue weighted by molar-refractivity contribution is 0.413. The third kappa shape index (κ3) is 2.64. The molecule has 0 bridgehead atoms. The van der Waals surface area contributed by atoms with Crippen molar-refractivity contribution in [3.8, 4) is 11.5 Å². The second kappa shape index (κ2) is 5.58. The molecule has 0 unspecified atom stereocenters. The molecular weight excluding hydrogens is 248 g/mol. The fourth-order valence-electron chi connectivity index (χ4n) is 3.15. The van der Waals surface area contributed by atoms with Gasteiger partial charge in [-0.25, -0.2) is 0 Å². The number of benzene rings is 2. The summed E-state index contributed by atoms with van der Waals surface area (Å²) >= 11 is 0. The third-order valence-electron chi connectivity index (χ3n) is 4.21. The van der Waals surface area contributed by atoms with Crippen LogP contribution in [0.5, 0.6) is 11.5 Å². The predicted octanol–water partition coefficient (Wildman–Crippen LogP) is 4.06. The van der Waals surface area contributed by atoms with Crippen molar-refractivity contribution in [1.29, 1.82) is 0 Å². The van der Waals surface area contributed by atoms with Crippen LogP contribution in [-0.4, -0.2) is 12.2 Å². The first-order valence-corrected chi connectivity index (χ1v) is 7.21. The van der Waals surface area contributed by atoms with E-state index in [0.29, 0.717) is 11.7 Å². The predicted molar refractivity (Wildman–Crippen MR) is 80.5 cm³/mol. The normalized spacial score (nSPS) is 17.6. The first-order chi connectivity index (χ1) is 9.76. The van der Waals surface area contributed by atoms with Crippen LogP contribution in [0.3, 0.4) is 0 Å². The van der Waals surface area contributed by atoms with Crippen LogP contribution in [-0.2, 0) is 12.8 Å². The van der Waals surface area contributed by atoms with Gasteiger partial charge in [-0.1, -0.05) is 18.2 Å². The summed E-state index contributed by atoms with van der Waals surface area (Å²) in [6.07, 6.45) is 4.67. The molecule has 0 saturated heterocycles. The fraction of sp³-hybridized carbons (Fsp3) is 0.333. The smallest absolute Gasteiger partial charge is 0.119 e. The Morgan fingerprint density at radius 3 is 2.70 bits per heavy atom. The number of fused-ring (bicyclic) bond motifs is 1. The van der Waals surface area contributed by atoms with Gasteiger partial charge in [0.1, 0.15) is 11.5 Å². The van der Waals surface area contributed by atoms with Gasteiger partial charge in [0, 0.05) is 0 Å². The summed E-state index contributed by atoms with van der Waals surface area (Å²) in [4.78, 5) is 0. The van der Waals surface area contributed by atoms with Crippen LogP contribution < -0.4 is 4.74 Å². The first-order valence-electron chi connectivity index (χ1n) is 7.21. The molecule has 2 aromatic rings. The molecule has 20 heavy (non-hydrogen) atoms. The molecule has 0 spiro atoms. The molecule has 0 saturated carbocycles. The van der Waals surface area contributed by atoms with E-state index in [2.05, 4.69) is 18.2 Å². The van der Waals surface area contributed by atoms with Gasteiger partial charge in [0.2, 0.25) is 0 Å². The molecule has 1 atom stereocenters. The van der Waals surface area contributed by atoms with Crippen LogP contribution in [0.15, 0.2) is 42.5 Å². The summed E-state index contributed by atoms with van der Waals surface area (Å²) < 4.78 is 5.32. The summed E-state index contributed by atoms with van der Waals surface area (Å²) in [5, 5.41) is 9.36. The Bertz CT molecular complexity index is 587. The Hall–Kier alpha value is -1.96. The quantitative estimate of drug-likeness (QED) is 0.909. The number of phenols is 1. The van der Waals surface area contributed by atoms with Crippen molar-refractivity contribution >= 4 is 0 Å². The molecule has 2 nitrogen and oxygen atoms in total. The van der Waals surface area contributed by atoms with Crippen LogP contribution >= 0.6 is 0 Å². The molecule has 0 radical (unpaired) electrons. The highest BCUT2D eigenvalue weighted by atomic mass is 16.5. The van der Waals surface area contributed by atoms with E-state index in [0.717, 1.165) is 18.6 Å². The minimum absolute atomic E-state index is 0.336. The summed E-state index contributed by atoms with van der Waals surface area (Å²) in [7, 11) is 1.72. The highest BCUT2D eigenvalue weighted by molar-refractivity contribution is 5.40. The van der Waals surface area contributed by atoms with Gasteiger partial charge in [0.05, 0.1) is 7.11 Å². The lowest BCUT2D eigenvalue weighted by atomic mass is 9.79. The number of hydrogen-bond acceptors (Lipinski definition) is 2. The Balaban J connectivity index is 1.84. The van der Waals surface area contributed by atoms with Crippen LogP contribution in [0.25, 0.3) is 0 Å². The van der Waals surface area contributed by atoms with Gasteiger partial charge in [0.15, 0.2) is 0 Å². The van der Waals surface area contributed by atoms with Gasteiger partial charge in [0.25, 0.3) is 0 Å². The lowest BCUT2D eigenvalue weighted by Crippen LogP contribution is -2.12. The van der Waals surface area contributed by atoms with E-state index in [1.807, 2.05) is 12.1 Å². The summed E-state index contributed by atoms with van der Waals surface area (Å²) in [5.41, 5.74) is 4.18. The SMILES string of the molecule is COc1ccc2c(c1)CCC[C@H]2Cc1ccc(O)cc1. The molecule has 0 amide bonds. The minimum atomic E-state index is 0.336. The van der Waals surface area contributed by atoms with Gasteiger partial charge in [-0.05, 0) is 72.6 Å². The van der Waals surface area contributed by atoms with E-state index in [9.17, 15) is 5.11 Å². The molecule has 2 heteroatoms. The number of phenolic OH excluding ortho intramolecular Hbond substituents is 1. The van der Waals surface area contributed by atoms with E-state index in [1.165, 1.54) is 29.5 Å². The van der Waals surface area contributed by atoms with E-state index >= 15 is 0 Å². The van der Waals surface area contributed by atoms with E-state index in [4.69, 9.17) is 4.74 Å². The summed E-state index contributed by atoms with van der Waals surface area (Å²) in [5.74, 6) is 1.87. The third-order valence-corrected chi connectivity index (χ3v) is 4.21. The van der Waals surface area contributed by atoms with Crippen molar-refractivity contribution in [1.82, 2.24) is 0 Å². The van der Waals surface area contributed by atoms with Crippen molar-refractivity contribution in [3.63, 3.8) is 0 Å². The molecule has 1 N–H and O–H groups in total. The van der Waals surface area contributed by atoms with Crippen molar-refractivity contribution in [2.45, 2.75) is 31.6 Å². The maximum Gasteiger partial charge on any atom is 0.119 e. The van der Waals surface area contributed by atoms with Crippen molar-refractivity contribution in [2.24, 2.45) is 0 Å². The minimum Gasteiger partial charge on any atom is -0.508 e. The van der Waals surface area contributed by atoms with Gasteiger partial charge in [-0.15, -0.1) is 0 Å². The molecule has 2 aromatic carbocycles. The zero-order chi connectivity index (χ0) is 13.9. The van der Waals surface area contributed by atoms with Crippen molar-refractivity contribution in [3.05, 3.63) is 59.2 Å². The Morgan fingerprint density at radius 1 is 1.15 bits per heavy atom. The topological polar surface area (TPSA) is 29.5 Å². The average molecular weight is 268 g/mol. The second-order valence-electron chi connectivity index (χ2n) is 5.52. The molecular formula is C18H20O2. The average Bonchev–Trinajstić information content (AvgIpc) is 2.49. The molecule has 0 aromatic heterocycles. The second-order valence-corrected chi connectivity index (χ2v) is 5.52. The first kappa shape index (κ1) is 13.0. The van der Waals surface area contributed by atoms with Crippen molar-refractivity contribution in [2.75, 3.05) is 7.11 Å². The zero-order valence-electron chi connectivity index (χ0n) is 11.8. The monoisotopic (exact) mass is 268 g/mol. The van der Waals surface area contributed by atoms with E-state index in [1.54, 1.807) is 19.2 Å². The van der Waals surface area contributed by atoms with Crippen LogP contribution in [0.1, 0.15) is 35.4 Å².